The summed E-state index contributed by atoms with van der Waals surface area (Å²) >= 11 is 7.37. The van der Waals surface area contributed by atoms with Gasteiger partial charge in [0.1, 0.15) is 10.8 Å². The molecular weight excluding hydrogens is 458 g/mol. The number of aromatic nitrogens is 2. The molecule has 0 aliphatic carbocycles. The van der Waals surface area contributed by atoms with Gasteiger partial charge >= 0.3 is 0 Å². The van der Waals surface area contributed by atoms with Crippen LogP contribution in [-0.4, -0.2) is 55.1 Å². The van der Waals surface area contributed by atoms with Crippen molar-refractivity contribution in [3.8, 4) is 5.75 Å². The van der Waals surface area contributed by atoms with Crippen LogP contribution in [0.3, 0.4) is 0 Å². The number of hydrogen-bond acceptors (Lipinski definition) is 7. The first kappa shape index (κ1) is 23.2. The Labute approximate surface area is 203 Å². The zero-order valence-corrected chi connectivity index (χ0v) is 20.2. The molecule has 0 radical (unpaired) electrons. The van der Waals surface area contributed by atoms with Crippen LogP contribution < -0.4 is 19.9 Å². The van der Waals surface area contributed by atoms with Crippen LogP contribution in [-0.2, 0) is 4.79 Å². The van der Waals surface area contributed by atoms with Crippen LogP contribution in [0.1, 0.15) is 5.56 Å². The third-order valence-corrected chi connectivity index (χ3v) is 6.64. The lowest BCUT2D eigenvalue weighted by molar-refractivity contribution is -0.113. The molecule has 1 N–H and O–H groups in total. The number of methoxy groups -OCH3 is 1. The number of para-hydroxylation sites is 2. The summed E-state index contributed by atoms with van der Waals surface area (Å²) in [6.45, 7) is 5.38. The molecule has 7 nitrogen and oxygen atoms in total. The summed E-state index contributed by atoms with van der Waals surface area (Å²) in [6, 6.07) is 17.4. The zero-order chi connectivity index (χ0) is 23.2. The van der Waals surface area contributed by atoms with Gasteiger partial charge in [-0.05, 0) is 48.9 Å². The number of rotatable bonds is 7. The Bertz CT molecular complexity index is 1100. The molecule has 1 aliphatic rings. The number of aryl methyl sites for hydroxylation is 1. The quantitative estimate of drug-likeness (QED) is 0.496. The highest BCUT2D eigenvalue weighted by Crippen LogP contribution is 2.29. The van der Waals surface area contributed by atoms with E-state index in [0.29, 0.717) is 10.0 Å². The smallest absolute Gasteiger partial charge is 0.234 e. The minimum atomic E-state index is -0.108. The normalized spacial score (nSPS) is 13.7. The Hall–Kier alpha value is -2.97. The van der Waals surface area contributed by atoms with Crippen molar-refractivity contribution in [3.05, 3.63) is 65.2 Å². The number of piperazine rings is 1. The number of hydrogen-bond donors (Lipinski definition) is 1. The average molecular weight is 484 g/mol. The molecule has 172 valence electrons. The number of benzene rings is 2. The van der Waals surface area contributed by atoms with Crippen molar-refractivity contribution in [1.29, 1.82) is 0 Å². The monoisotopic (exact) mass is 483 g/mol. The fraction of sp³-hybridized carbons (Fsp3) is 0.292. The minimum Gasteiger partial charge on any atom is -0.495 e. The number of nitrogens with zero attached hydrogens (tertiary/aromatic N) is 4. The van der Waals surface area contributed by atoms with E-state index in [2.05, 4.69) is 31.4 Å². The maximum absolute atomic E-state index is 12.3. The van der Waals surface area contributed by atoms with Gasteiger partial charge in [0.2, 0.25) is 5.91 Å². The highest BCUT2D eigenvalue weighted by molar-refractivity contribution is 7.99. The van der Waals surface area contributed by atoms with Gasteiger partial charge in [-0.3, -0.25) is 4.79 Å². The highest BCUT2D eigenvalue weighted by atomic mass is 35.5. The van der Waals surface area contributed by atoms with E-state index in [4.69, 9.17) is 16.3 Å². The lowest BCUT2D eigenvalue weighted by atomic mass is 10.2. The lowest BCUT2D eigenvalue weighted by Crippen LogP contribution is -2.47. The molecule has 1 aliphatic heterocycles. The van der Waals surface area contributed by atoms with Gasteiger partial charge in [0.15, 0.2) is 5.82 Å². The van der Waals surface area contributed by atoms with E-state index in [9.17, 15) is 4.79 Å². The largest absolute Gasteiger partial charge is 0.495 e. The van der Waals surface area contributed by atoms with Crippen LogP contribution >= 0.6 is 23.4 Å². The van der Waals surface area contributed by atoms with Crippen LogP contribution in [0.5, 0.6) is 5.75 Å². The van der Waals surface area contributed by atoms with E-state index < -0.39 is 0 Å². The Balaban J connectivity index is 1.28. The van der Waals surface area contributed by atoms with Crippen molar-refractivity contribution in [1.82, 2.24) is 10.2 Å². The molecular formula is C24H26ClN5O2S. The first-order valence-electron chi connectivity index (χ1n) is 10.7. The second kappa shape index (κ2) is 10.8. The molecule has 1 aromatic heterocycles. The SMILES string of the molecule is COc1ccccc1N1CCN(c2ccc(SCC(=O)Nc3cc(Cl)ccc3C)nn2)CC1. The minimum absolute atomic E-state index is 0.108. The number of nitrogens with one attached hydrogen (secondary N) is 1. The van der Waals surface area contributed by atoms with E-state index >= 15 is 0 Å². The molecule has 0 bridgehead atoms. The van der Waals surface area contributed by atoms with Gasteiger partial charge in [-0.1, -0.05) is 41.6 Å². The third kappa shape index (κ3) is 5.89. The van der Waals surface area contributed by atoms with Crippen molar-refractivity contribution in [2.24, 2.45) is 0 Å². The lowest BCUT2D eigenvalue weighted by Gasteiger charge is -2.37. The molecule has 9 heteroatoms. The molecule has 33 heavy (non-hydrogen) atoms. The van der Waals surface area contributed by atoms with Gasteiger partial charge in [0.25, 0.3) is 0 Å². The topological polar surface area (TPSA) is 70.6 Å². The molecule has 3 aromatic rings. The van der Waals surface area contributed by atoms with E-state index in [1.807, 2.05) is 43.3 Å². The molecule has 4 rings (SSSR count). The van der Waals surface area contributed by atoms with Gasteiger partial charge in [0.05, 0.1) is 18.6 Å². The van der Waals surface area contributed by atoms with Gasteiger partial charge in [-0.25, -0.2) is 0 Å². The Morgan fingerprint density at radius 1 is 1.06 bits per heavy atom. The van der Waals surface area contributed by atoms with Crippen LogP contribution in [0.4, 0.5) is 17.2 Å². The van der Waals surface area contributed by atoms with E-state index in [1.165, 1.54) is 11.8 Å². The van der Waals surface area contributed by atoms with Crippen molar-refractivity contribution < 1.29 is 9.53 Å². The van der Waals surface area contributed by atoms with Crippen LogP contribution in [0.2, 0.25) is 5.02 Å². The summed E-state index contributed by atoms with van der Waals surface area (Å²) in [5, 5.41) is 12.9. The number of halogens is 1. The first-order valence-corrected chi connectivity index (χ1v) is 12.1. The van der Waals surface area contributed by atoms with E-state index in [1.54, 1.807) is 19.2 Å². The second-order valence-electron chi connectivity index (χ2n) is 7.67. The van der Waals surface area contributed by atoms with Gasteiger partial charge < -0.3 is 19.9 Å². The molecule has 0 spiro atoms. The van der Waals surface area contributed by atoms with Crippen LogP contribution in [0.15, 0.2) is 59.6 Å². The molecule has 1 fully saturated rings. The molecule has 0 unspecified atom stereocenters. The summed E-state index contributed by atoms with van der Waals surface area (Å²) in [7, 11) is 1.70. The summed E-state index contributed by atoms with van der Waals surface area (Å²) in [4.78, 5) is 16.9. The zero-order valence-electron chi connectivity index (χ0n) is 18.6. The Kier molecular flexibility index (Phi) is 7.57. The van der Waals surface area contributed by atoms with E-state index in [-0.39, 0.29) is 11.7 Å². The molecule has 2 aromatic carbocycles. The maximum atomic E-state index is 12.3. The predicted octanol–water partition coefficient (Wildman–Crippen LogP) is 4.50. The molecule has 0 atom stereocenters. The van der Waals surface area contributed by atoms with Crippen molar-refractivity contribution >= 4 is 46.5 Å². The standard InChI is InChI=1S/C24H26ClN5O2S/c1-17-7-8-18(25)15-19(17)26-23(31)16-33-24-10-9-22(27-28-24)30-13-11-29(12-14-30)20-5-3-4-6-21(20)32-2/h3-10,15H,11-14,16H2,1-2H3,(H,26,31). The summed E-state index contributed by atoms with van der Waals surface area (Å²) in [5.74, 6) is 1.88. The average Bonchev–Trinajstić information content (AvgIpc) is 2.85. The maximum Gasteiger partial charge on any atom is 0.234 e. The summed E-state index contributed by atoms with van der Waals surface area (Å²) in [6.07, 6.45) is 0. The highest BCUT2D eigenvalue weighted by Gasteiger charge is 2.20. The number of thioether (sulfide) groups is 1. The Morgan fingerprint density at radius 3 is 2.55 bits per heavy atom. The molecule has 0 saturated carbocycles. The fourth-order valence-corrected chi connectivity index (χ4v) is 4.47. The molecule has 1 saturated heterocycles. The number of amides is 1. The summed E-state index contributed by atoms with van der Waals surface area (Å²) < 4.78 is 5.49. The van der Waals surface area contributed by atoms with Crippen LogP contribution in [0, 0.1) is 6.92 Å². The van der Waals surface area contributed by atoms with Gasteiger partial charge in [0, 0.05) is 36.9 Å². The van der Waals surface area contributed by atoms with Crippen molar-refractivity contribution in [3.63, 3.8) is 0 Å². The second-order valence-corrected chi connectivity index (χ2v) is 9.10. The number of carbonyl (C=O) groups is 1. The van der Waals surface area contributed by atoms with E-state index in [0.717, 1.165) is 54.7 Å². The number of anilines is 3. The third-order valence-electron chi connectivity index (χ3n) is 5.48. The van der Waals surface area contributed by atoms with Gasteiger partial charge in [-0.15, -0.1) is 10.2 Å². The van der Waals surface area contributed by atoms with Crippen molar-refractivity contribution in [2.45, 2.75) is 11.9 Å². The number of ether oxygens (including phenoxy) is 1. The number of carbonyl (C=O) groups excluding carboxylic acids is 1. The van der Waals surface area contributed by atoms with Crippen molar-refractivity contribution in [2.75, 3.05) is 54.2 Å². The van der Waals surface area contributed by atoms with Crippen LogP contribution in [0.25, 0.3) is 0 Å². The molecule has 2 heterocycles. The van der Waals surface area contributed by atoms with Gasteiger partial charge in [-0.2, -0.15) is 0 Å². The Morgan fingerprint density at radius 2 is 1.82 bits per heavy atom. The first-order chi connectivity index (χ1) is 16.0. The molecule has 1 amide bonds. The predicted molar refractivity (Wildman–Crippen MR) is 135 cm³/mol. The fourth-order valence-electron chi connectivity index (χ4n) is 3.68. The summed E-state index contributed by atoms with van der Waals surface area (Å²) in [5.41, 5.74) is 2.80.